The summed E-state index contributed by atoms with van der Waals surface area (Å²) in [5, 5.41) is 26.2. The van der Waals surface area contributed by atoms with Crippen LogP contribution >= 0.6 is 0 Å². The van der Waals surface area contributed by atoms with E-state index in [4.69, 9.17) is 27.4 Å². The van der Waals surface area contributed by atoms with Crippen LogP contribution in [0.5, 0.6) is 0 Å². The van der Waals surface area contributed by atoms with E-state index in [2.05, 4.69) is 25.9 Å². The first-order chi connectivity index (χ1) is 17.1. The zero-order valence-electron chi connectivity index (χ0n) is 19.6. The number of aliphatic imine (C=N–C) groups is 1. The maximum absolute atomic E-state index is 13.1. The summed E-state index contributed by atoms with van der Waals surface area (Å²) in [5.74, 6) is -3.55. The highest BCUT2D eigenvalue weighted by molar-refractivity contribution is 5.94. The number of aliphatic carboxylic acids is 1. The second-order valence-corrected chi connectivity index (χ2v) is 8.04. The molecule has 0 fully saturated rings. The molecule has 1 heterocycles. The zero-order valence-corrected chi connectivity index (χ0v) is 19.6. The third-order valence-corrected chi connectivity index (χ3v) is 5.26. The van der Waals surface area contributed by atoms with Crippen LogP contribution in [0, 0.1) is 0 Å². The standard InChI is InChI=1S/C22H32N8O6/c23-14(11-31)19(34)29-16(6-3-7-26-22(24)25)21(36)30-17(20(35)28-10-18(32)33)8-12-9-27-15-5-2-1-4-13(12)15/h1-2,4-5,9,14,16-17,27,31H,3,6-8,10-11,23H2,(H,28,35)(H,29,34)(H,30,36)(H,32,33)(H4,24,25,26). The molecule has 2 aromatic rings. The molecule has 2 rings (SSSR count). The third kappa shape index (κ3) is 8.56. The number of carboxylic acids is 1. The van der Waals surface area contributed by atoms with Crippen LogP contribution in [-0.4, -0.2) is 82.7 Å². The van der Waals surface area contributed by atoms with Gasteiger partial charge in [0, 0.05) is 30.1 Å². The number of nitrogens with two attached hydrogens (primary N) is 3. The fourth-order valence-corrected chi connectivity index (χ4v) is 3.42. The van der Waals surface area contributed by atoms with Gasteiger partial charge in [-0.25, -0.2) is 0 Å². The Bertz CT molecular complexity index is 1100. The summed E-state index contributed by atoms with van der Waals surface area (Å²) in [7, 11) is 0. The van der Waals surface area contributed by atoms with E-state index >= 15 is 0 Å². The fourth-order valence-electron chi connectivity index (χ4n) is 3.42. The highest BCUT2D eigenvalue weighted by atomic mass is 16.4. The van der Waals surface area contributed by atoms with Crippen LogP contribution < -0.4 is 33.2 Å². The normalized spacial score (nSPS) is 13.3. The monoisotopic (exact) mass is 504 g/mol. The van der Waals surface area contributed by atoms with Gasteiger partial charge in [-0.3, -0.25) is 24.2 Å². The minimum absolute atomic E-state index is 0.0476. The molecule has 12 N–H and O–H groups in total. The third-order valence-electron chi connectivity index (χ3n) is 5.26. The molecule has 0 bridgehead atoms. The highest BCUT2D eigenvalue weighted by Crippen LogP contribution is 2.19. The second-order valence-electron chi connectivity index (χ2n) is 8.04. The quantitative estimate of drug-likeness (QED) is 0.0733. The number of para-hydroxylation sites is 1. The number of carbonyl (C=O) groups is 4. The molecule has 36 heavy (non-hydrogen) atoms. The van der Waals surface area contributed by atoms with E-state index in [1.54, 1.807) is 6.20 Å². The molecule has 0 radical (unpaired) electrons. The average molecular weight is 505 g/mol. The molecule has 0 aliphatic rings. The van der Waals surface area contributed by atoms with Crippen molar-refractivity contribution < 1.29 is 29.4 Å². The number of carboxylic acid groups (broad SMARTS) is 1. The number of aliphatic hydroxyl groups is 1. The van der Waals surface area contributed by atoms with Gasteiger partial charge >= 0.3 is 5.97 Å². The lowest BCUT2D eigenvalue weighted by Crippen LogP contribution is -2.57. The zero-order chi connectivity index (χ0) is 26.7. The minimum atomic E-state index is -1.25. The number of rotatable bonds is 14. The summed E-state index contributed by atoms with van der Waals surface area (Å²) < 4.78 is 0. The molecule has 196 valence electrons. The van der Waals surface area contributed by atoms with Gasteiger partial charge in [-0.2, -0.15) is 0 Å². The highest BCUT2D eigenvalue weighted by Gasteiger charge is 2.28. The predicted octanol–water partition coefficient (Wildman–Crippen LogP) is -2.75. The summed E-state index contributed by atoms with van der Waals surface area (Å²) in [6, 6.07) is 3.83. The first kappa shape index (κ1) is 28.1. The Balaban J connectivity index is 2.23. The van der Waals surface area contributed by atoms with E-state index in [1.807, 2.05) is 24.3 Å². The van der Waals surface area contributed by atoms with Crippen LogP contribution in [0.1, 0.15) is 18.4 Å². The number of aromatic nitrogens is 1. The summed E-state index contributed by atoms with van der Waals surface area (Å²) in [5.41, 5.74) is 17.7. The van der Waals surface area contributed by atoms with E-state index in [0.717, 1.165) is 16.5 Å². The van der Waals surface area contributed by atoms with E-state index in [0.29, 0.717) is 6.42 Å². The van der Waals surface area contributed by atoms with Crippen molar-refractivity contribution in [3.8, 4) is 0 Å². The van der Waals surface area contributed by atoms with E-state index < -0.39 is 55.0 Å². The Morgan fingerprint density at radius 1 is 1.03 bits per heavy atom. The maximum atomic E-state index is 13.1. The molecular formula is C22H32N8O6. The van der Waals surface area contributed by atoms with Gasteiger partial charge in [0.1, 0.15) is 24.7 Å². The van der Waals surface area contributed by atoms with Crippen molar-refractivity contribution in [2.45, 2.75) is 37.4 Å². The second kappa shape index (κ2) is 13.7. The molecule has 3 unspecified atom stereocenters. The molecular weight excluding hydrogens is 472 g/mol. The van der Waals surface area contributed by atoms with Crippen molar-refractivity contribution in [2.24, 2.45) is 22.2 Å². The molecule has 14 nitrogen and oxygen atoms in total. The minimum Gasteiger partial charge on any atom is -0.480 e. The summed E-state index contributed by atoms with van der Waals surface area (Å²) in [4.78, 5) is 56.0. The van der Waals surface area contributed by atoms with Crippen LogP contribution in [0.25, 0.3) is 10.9 Å². The molecule has 3 atom stereocenters. The molecule has 3 amide bonds. The van der Waals surface area contributed by atoms with Gasteiger partial charge < -0.3 is 48.3 Å². The smallest absolute Gasteiger partial charge is 0.322 e. The molecule has 1 aromatic heterocycles. The number of hydrogen-bond acceptors (Lipinski definition) is 7. The van der Waals surface area contributed by atoms with Crippen molar-refractivity contribution >= 4 is 40.6 Å². The SMILES string of the molecule is NC(N)=NCCCC(NC(=O)C(N)CO)C(=O)NC(Cc1c[nH]c2ccccc12)C(=O)NCC(=O)O. The number of aromatic amines is 1. The fraction of sp³-hybridized carbons (Fsp3) is 0.409. The van der Waals surface area contributed by atoms with Crippen molar-refractivity contribution in [3.63, 3.8) is 0 Å². The molecule has 0 aliphatic heterocycles. The molecule has 0 spiro atoms. The number of fused-ring (bicyclic) bond motifs is 1. The number of carbonyl (C=O) groups excluding carboxylic acids is 3. The number of guanidine groups is 1. The first-order valence-electron chi connectivity index (χ1n) is 11.2. The number of aliphatic hydroxyl groups excluding tert-OH is 1. The lowest BCUT2D eigenvalue weighted by Gasteiger charge is -2.24. The van der Waals surface area contributed by atoms with Gasteiger partial charge in [0.25, 0.3) is 0 Å². The van der Waals surface area contributed by atoms with Crippen LogP contribution in [0.4, 0.5) is 0 Å². The summed E-state index contributed by atoms with van der Waals surface area (Å²) in [6.45, 7) is -1.08. The van der Waals surface area contributed by atoms with Gasteiger partial charge in [0.05, 0.1) is 6.61 Å². The largest absolute Gasteiger partial charge is 0.480 e. The van der Waals surface area contributed by atoms with E-state index in [9.17, 15) is 19.2 Å². The number of nitrogens with zero attached hydrogens (tertiary/aromatic N) is 1. The molecule has 14 heteroatoms. The van der Waals surface area contributed by atoms with Gasteiger partial charge in [-0.1, -0.05) is 18.2 Å². The lowest BCUT2D eigenvalue weighted by atomic mass is 10.0. The van der Waals surface area contributed by atoms with Crippen LogP contribution in [-0.2, 0) is 25.6 Å². The number of nitrogens with one attached hydrogen (secondary N) is 4. The van der Waals surface area contributed by atoms with Crippen LogP contribution in [0.2, 0.25) is 0 Å². The van der Waals surface area contributed by atoms with E-state index in [-0.39, 0.29) is 25.3 Å². The maximum Gasteiger partial charge on any atom is 0.322 e. The van der Waals surface area contributed by atoms with Gasteiger partial charge in [0.15, 0.2) is 5.96 Å². The Morgan fingerprint density at radius 3 is 2.39 bits per heavy atom. The topological polar surface area (TPSA) is 251 Å². The van der Waals surface area contributed by atoms with Gasteiger partial charge in [-0.05, 0) is 24.5 Å². The molecule has 1 aromatic carbocycles. The Hall–Kier alpha value is -4.17. The predicted molar refractivity (Wildman–Crippen MR) is 131 cm³/mol. The summed E-state index contributed by atoms with van der Waals surface area (Å²) in [6.07, 6.45) is 2.15. The van der Waals surface area contributed by atoms with Crippen LogP contribution in [0.3, 0.4) is 0 Å². The lowest BCUT2D eigenvalue weighted by molar-refractivity contribution is -0.138. The number of H-pyrrole nitrogens is 1. The number of benzene rings is 1. The van der Waals surface area contributed by atoms with Crippen molar-refractivity contribution in [2.75, 3.05) is 19.7 Å². The van der Waals surface area contributed by atoms with E-state index in [1.165, 1.54) is 0 Å². The average Bonchev–Trinajstić information content (AvgIpc) is 3.25. The van der Waals surface area contributed by atoms with Crippen molar-refractivity contribution in [3.05, 3.63) is 36.0 Å². The van der Waals surface area contributed by atoms with Gasteiger partial charge in [-0.15, -0.1) is 0 Å². The Labute approximate surface area is 206 Å². The summed E-state index contributed by atoms with van der Waals surface area (Å²) >= 11 is 0. The number of amides is 3. The van der Waals surface area contributed by atoms with Crippen molar-refractivity contribution in [1.82, 2.24) is 20.9 Å². The van der Waals surface area contributed by atoms with Gasteiger partial charge in [0.2, 0.25) is 17.7 Å². The number of hydrogen-bond donors (Lipinski definition) is 9. The Morgan fingerprint density at radius 2 is 1.72 bits per heavy atom. The molecule has 0 saturated carbocycles. The molecule has 0 aliphatic carbocycles. The Kier molecular flexibility index (Phi) is 10.6. The molecule has 0 saturated heterocycles. The van der Waals surface area contributed by atoms with Crippen LogP contribution in [0.15, 0.2) is 35.5 Å². The first-order valence-corrected chi connectivity index (χ1v) is 11.2. The van der Waals surface area contributed by atoms with Crippen molar-refractivity contribution in [1.29, 1.82) is 0 Å².